The van der Waals surface area contributed by atoms with E-state index in [0.29, 0.717) is 22.0 Å². The van der Waals surface area contributed by atoms with Crippen LogP contribution in [0.25, 0.3) is 15.9 Å². The summed E-state index contributed by atoms with van der Waals surface area (Å²) < 4.78 is 20.9. The normalized spacial score (nSPS) is 15.3. The monoisotopic (exact) mass is 450 g/mol. The minimum absolute atomic E-state index is 0.104. The van der Waals surface area contributed by atoms with E-state index in [-0.39, 0.29) is 24.2 Å². The first-order chi connectivity index (χ1) is 15.5. The summed E-state index contributed by atoms with van der Waals surface area (Å²) in [5.74, 6) is -0.361. The van der Waals surface area contributed by atoms with Gasteiger partial charge in [-0.1, -0.05) is 12.1 Å². The van der Waals surface area contributed by atoms with E-state index in [0.717, 1.165) is 15.9 Å². The number of hydrogen-bond acceptors (Lipinski definition) is 5. The first kappa shape index (κ1) is 20.2. The summed E-state index contributed by atoms with van der Waals surface area (Å²) in [6.07, 6.45) is -0.801. The first-order valence-corrected chi connectivity index (χ1v) is 10.8. The summed E-state index contributed by atoms with van der Waals surface area (Å²) in [5.41, 5.74) is 2.10. The Kier molecular flexibility index (Phi) is 4.90. The molecule has 0 aliphatic carbocycles. The standard InChI is InChI=1S/C23H19FN4O3S/c1-13-16-11-20(32-23(16)28(26-13)15-9-7-14(24)8-10-15)22(30)27-12-19(21(29)25-2)31-18-6-4-3-5-17(18)27/h3-11,19H,12H2,1-2H3,(H,25,29). The lowest BCUT2D eigenvalue weighted by Crippen LogP contribution is -2.50. The minimum Gasteiger partial charge on any atom is -0.477 e. The van der Waals surface area contributed by atoms with Gasteiger partial charge in [0.05, 0.1) is 28.5 Å². The molecule has 1 atom stereocenters. The number of ether oxygens (including phenoxy) is 1. The molecule has 0 saturated heterocycles. The number of para-hydroxylation sites is 2. The zero-order valence-corrected chi connectivity index (χ0v) is 18.1. The highest BCUT2D eigenvalue weighted by atomic mass is 32.1. The van der Waals surface area contributed by atoms with Gasteiger partial charge in [-0.15, -0.1) is 11.3 Å². The number of aryl methyl sites for hydroxylation is 1. The van der Waals surface area contributed by atoms with Crippen molar-refractivity contribution < 1.29 is 18.7 Å². The zero-order chi connectivity index (χ0) is 22.4. The van der Waals surface area contributed by atoms with E-state index in [2.05, 4.69) is 10.4 Å². The van der Waals surface area contributed by atoms with Gasteiger partial charge in [-0.05, 0) is 49.4 Å². The third-order valence-corrected chi connectivity index (χ3v) is 6.48. The van der Waals surface area contributed by atoms with E-state index in [1.807, 2.05) is 19.1 Å². The smallest absolute Gasteiger partial charge is 0.268 e. The Bertz CT molecular complexity index is 1350. The first-order valence-electron chi connectivity index (χ1n) is 10.0. The van der Waals surface area contributed by atoms with E-state index in [9.17, 15) is 14.0 Å². The van der Waals surface area contributed by atoms with Crippen LogP contribution in [0.2, 0.25) is 0 Å². The molecule has 0 spiro atoms. The van der Waals surface area contributed by atoms with Crippen LogP contribution in [-0.2, 0) is 4.79 Å². The minimum atomic E-state index is -0.801. The number of halogens is 1. The van der Waals surface area contributed by atoms with Gasteiger partial charge in [0.2, 0.25) is 0 Å². The number of hydrogen-bond donors (Lipinski definition) is 1. The Labute approximate surface area is 187 Å². The Balaban J connectivity index is 1.55. The molecule has 1 aliphatic heterocycles. The van der Waals surface area contributed by atoms with Crippen molar-refractivity contribution in [2.45, 2.75) is 13.0 Å². The van der Waals surface area contributed by atoms with E-state index >= 15 is 0 Å². The Hall–Kier alpha value is -3.72. The second kappa shape index (κ2) is 7.76. The molecule has 0 radical (unpaired) electrons. The summed E-state index contributed by atoms with van der Waals surface area (Å²) in [4.78, 5) is 28.7. The lowest BCUT2D eigenvalue weighted by atomic mass is 10.1. The lowest BCUT2D eigenvalue weighted by molar-refractivity contribution is -0.127. The van der Waals surface area contributed by atoms with Gasteiger partial charge in [0.15, 0.2) is 6.10 Å². The molecule has 2 aromatic heterocycles. The van der Waals surface area contributed by atoms with Gasteiger partial charge in [0, 0.05) is 12.4 Å². The fourth-order valence-corrected chi connectivity index (χ4v) is 4.90. The van der Waals surface area contributed by atoms with Gasteiger partial charge in [0.25, 0.3) is 11.8 Å². The molecule has 5 rings (SSSR count). The number of amides is 2. The number of likely N-dealkylation sites (N-methyl/N-ethyl adjacent to an activating group) is 1. The molecular formula is C23H19FN4O3S. The highest BCUT2D eigenvalue weighted by Gasteiger charge is 2.34. The van der Waals surface area contributed by atoms with E-state index in [4.69, 9.17) is 4.74 Å². The van der Waals surface area contributed by atoms with Gasteiger partial charge >= 0.3 is 0 Å². The number of fused-ring (bicyclic) bond motifs is 2. The largest absolute Gasteiger partial charge is 0.477 e. The number of anilines is 1. The average molecular weight is 450 g/mol. The maximum absolute atomic E-state index is 13.6. The van der Waals surface area contributed by atoms with Crippen LogP contribution in [0.4, 0.5) is 10.1 Å². The Morgan fingerprint density at radius 3 is 2.69 bits per heavy atom. The summed E-state index contributed by atoms with van der Waals surface area (Å²) in [6.45, 7) is 1.97. The van der Waals surface area contributed by atoms with Crippen LogP contribution < -0.4 is 15.0 Å². The molecule has 4 aromatic rings. The zero-order valence-electron chi connectivity index (χ0n) is 17.3. The van der Waals surface area contributed by atoms with E-state index in [1.54, 1.807) is 39.9 Å². The van der Waals surface area contributed by atoms with Crippen LogP contribution in [0.5, 0.6) is 5.75 Å². The Morgan fingerprint density at radius 2 is 1.94 bits per heavy atom. The summed E-state index contributed by atoms with van der Waals surface area (Å²) in [6, 6.07) is 15.0. The molecule has 2 amide bonds. The summed E-state index contributed by atoms with van der Waals surface area (Å²) >= 11 is 1.31. The third-order valence-electron chi connectivity index (χ3n) is 5.38. The third kappa shape index (κ3) is 3.31. The van der Waals surface area contributed by atoms with Crippen molar-refractivity contribution >= 4 is 39.1 Å². The molecule has 1 N–H and O–H groups in total. The number of benzene rings is 2. The van der Waals surface area contributed by atoms with Gasteiger partial charge in [-0.3, -0.25) is 14.5 Å². The number of carbonyl (C=O) groups excluding carboxylic acids is 2. The number of carbonyl (C=O) groups is 2. The van der Waals surface area contributed by atoms with Crippen molar-refractivity contribution in [2.75, 3.05) is 18.5 Å². The SMILES string of the molecule is CNC(=O)C1CN(C(=O)c2cc3c(C)nn(-c4ccc(F)cc4)c3s2)c2ccccc2O1. The molecule has 7 nitrogen and oxygen atoms in total. The summed E-state index contributed by atoms with van der Waals surface area (Å²) in [7, 11) is 1.54. The number of nitrogens with one attached hydrogen (secondary N) is 1. The number of thiophene rings is 1. The van der Waals surface area contributed by atoms with Crippen molar-refractivity contribution in [3.05, 3.63) is 71.0 Å². The highest BCUT2D eigenvalue weighted by Crippen LogP contribution is 2.37. The lowest BCUT2D eigenvalue weighted by Gasteiger charge is -2.33. The highest BCUT2D eigenvalue weighted by molar-refractivity contribution is 7.20. The molecule has 0 bridgehead atoms. The van der Waals surface area contributed by atoms with Crippen LogP contribution >= 0.6 is 11.3 Å². The van der Waals surface area contributed by atoms with E-state index in [1.165, 1.54) is 30.5 Å². The molecular weight excluding hydrogens is 431 g/mol. The van der Waals surface area contributed by atoms with Crippen molar-refractivity contribution in [3.63, 3.8) is 0 Å². The van der Waals surface area contributed by atoms with Gasteiger partial charge in [-0.25, -0.2) is 9.07 Å². The van der Waals surface area contributed by atoms with E-state index < -0.39 is 6.10 Å². The topological polar surface area (TPSA) is 76.5 Å². The number of rotatable bonds is 3. The summed E-state index contributed by atoms with van der Waals surface area (Å²) in [5, 5.41) is 7.99. The second-order valence-electron chi connectivity index (χ2n) is 7.41. The van der Waals surface area contributed by atoms with Crippen molar-refractivity contribution in [1.29, 1.82) is 0 Å². The molecule has 32 heavy (non-hydrogen) atoms. The molecule has 2 aromatic carbocycles. The molecule has 9 heteroatoms. The van der Waals surface area contributed by atoms with Gasteiger partial charge in [0.1, 0.15) is 16.4 Å². The predicted molar refractivity (Wildman–Crippen MR) is 120 cm³/mol. The maximum atomic E-state index is 13.6. The maximum Gasteiger partial charge on any atom is 0.268 e. The molecule has 0 saturated carbocycles. The predicted octanol–water partition coefficient (Wildman–Crippen LogP) is 3.69. The van der Waals surface area contributed by atoms with Crippen molar-refractivity contribution in [3.8, 4) is 11.4 Å². The fraction of sp³-hybridized carbons (Fsp3) is 0.174. The van der Waals surface area contributed by atoms with Gasteiger partial charge in [-0.2, -0.15) is 5.10 Å². The molecule has 3 heterocycles. The van der Waals surface area contributed by atoms with Crippen molar-refractivity contribution in [1.82, 2.24) is 15.1 Å². The molecule has 162 valence electrons. The van der Waals surface area contributed by atoms with Gasteiger partial charge < -0.3 is 10.1 Å². The number of nitrogens with zero attached hydrogens (tertiary/aromatic N) is 3. The van der Waals surface area contributed by atoms with Crippen LogP contribution in [-0.4, -0.2) is 41.3 Å². The van der Waals surface area contributed by atoms with Crippen LogP contribution in [0.1, 0.15) is 15.4 Å². The quantitative estimate of drug-likeness (QED) is 0.517. The average Bonchev–Trinajstić information content (AvgIpc) is 3.38. The molecule has 0 fully saturated rings. The Morgan fingerprint density at radius 1 is 1.19 bits per heavy atom. The second-order valence-corrected chi connectivity index (χ2v) is 8.44. The molecule has 1 unspecified atom stereocenters. The van der Waals surface area contributed by atoms with Crippen molar-refractivity contribution in [2.24, 2.45) is 0 Å². The number of aromatic nitrogens is 2. The fourth-order valence-electron chi connectivity index (χ4n) is 3.77. The molecule has 1 aliphatic rings. The van der Waals surface area contributed by atoms with Crippen LogP contribution in [0, 0.1) is 12.7 Å². The van der Waals surface area contributed by atoms with Crippen LogP contribution in [0.15, 0.2) is 54.6 Å². The van der Waals surface area contributed by atoms with Crippen LogP contribution in [0.3, 0.4) is 0 Å².